The molecule has 0 aromatic carbocycles. The zero-order valence-electron chi connectivity index (χ0n) is 7.92. The minimum Gasteiger partial charge on any atom is -0.480 e. The molecule has 4 nitrogen and oxygen atoms in total. The molecule has 0 bridgehead atoms. The second-order valence-electron chi connectivity index (χ2n) is 3.58. The van der Waals surface area contributed by atoms with Gasteiger partial charge in [0.15, 0.2) is 0 Å². The Bertz CT molecular complexity index is 467. The quantitative estimate of drug-likeness (QED) is 0.861. The van der Waals surface area contributed by atoms with Crippen molar-refractivity contribution in [3.63, 3.8) is 0 Å². The van der Waals surface area contributed by atoms with Gasteiger partial charge in [-0.15, -0.1) is 11.3 Å². The first-order valence-corrected chi connectivity index (χ1v) is 6.86. The van der Waals surface area contributed by atoms with E-state index in [4.69, 9.17) is 5.11 Å². The monoisotopic (exact) mass is 367 g/mol. The molecule has 2 N–H and O–H groups in total. The summed E-state index contributed by atoms with van der Waals surface area (Å²) in [6.45, 7) is 0. The first kappa shape index (κ1) is 12.1. The normalized spacial score (nSPS) is 16.9. The maximum Gasteiger partial charge on any atom is 0.329 e. The number of carboxylic acids is 1. The molecule has 7 heteroatoms. The fraction of sp³-hybridized carbons (Fsp3) is 0.333. The van der Waals surface area contributed by atoms with Crippen LogP contribution in [0.3, 0.4) is 0 Å². The van der Waals surface area contributed by atoms with Crippen LogP contribution in [-0.4, -0.2) is 22.5 Å². The first-order chi connectivity index (χ1) is 7.44. The van der Waals surface area contributed by atoms with Crippen molar-refractivity contribution in [2.24, 2.45) is 0 Å². The zero-order valence-corrected chi connectivity index (χ0v) is 11.9. The number of thiophene rings is 1. The number of carboxylic acid groups (broad SMARTS) is 1. The van der Waals surface area contributed by atoms with Crippen LogP contribution in [0.4, 0.5) is 0 Å². The van der Waals surface area contributed by atoms with Gasteiger partial charge < -0.3 is 10.4 Å². The molecular formula is C9H7Br2NO3S. The Labute approximate surface area is 112 Å². The molecule has 0 radical (unpaired) electrons. The molecule has 86 valence electrons. The molecule has 2 rings (SSSR count). The molecule has 16 heavy (non-hydrogen) atoms. The van der Waals surface area contributed by atoms with E-state index >= 15 is 0 Å². The number of rotatable bonds is 3. The number of halogens is 2. The van der Waals surface area contributed by atoms with Crippen molar-refractivity contribution in [2.45, 2.75) is 18.4 Å². The van der Waals surface area contributed by atoms with Gasteiger partial charge in [-0.2, -0.15) is 0 Å². The van der Waals surface area contributed by atoms with Gasteiger partial charge in [0.1, 0.15) is 5.54 Å². The highest BCUT2D eigenvalue weighted by molar-refractivity contribution is 9.12. The van der Waals surface area contributed by atoms with Crippen LogP contribution < -0.4 is 5.32 Å². The maximum atomic E-state index is 11.8. The molecule has 1 heterocycles. The van der Waals surface area contributed by atoms with Gasteiger partial charge in [-0.1, -0.05) is 0 Å². The summed E-state index contributed by atoms with van der Waals surface area (Å²) in [5, 5.41) is 11.5. The SMILES string of the molecule is O=C(NC1(C(=O)O)CC1)c1cc(Br)sc1Br. The summed E-state index contributed by atoms with van der Waals surface area (Å²) < 4.78 is 1.52. The standard InChI is InChI=1S/C9H7Br2NO3S/c10-5-3-4(6(11)16-5)7(13)12-9(1-2-9)8(14)15/h3H,1-2H2,(H,12,13)(H,14,15). The van der Waals surface area contributed by atoms with Crippen molar-refractivity contribution in [2.75, 3.05) is 0 Å². The topological polar surface area (TPSA) is 66.4 Å². The molecular weight excluding hydrogens is 362 g/mol. The number of hydrogen-bond donors (Lipinski definition) is 2. The fourth-order valence-corrected chi connectivity index (χ4v) is 4.09. The summed E-state index contributed by atoms with van der Waals surface area (Å²) in [6, 6.07) is 1.67. The van der Waals surface area contributed by atoms with Crippen LogP contribution in [0.25, 0.3) is 0 Å². The number of aliphatic carboxylic acids is 1. The third-order valence-electron chi connectivity index (χ3n) is 2.41. The van der Waals surface area contributed by atoms with E-state index in [-0.39, 0.29) is 5.91 Å². The Morgan fingerprint density at radius 3 is 2.44 bits per heavy atom. The molecule has 0 spiro atoms. The number of carbonyl (C=O) groups is 2. The number of nitrogens with one attached hydrogen (secondary N) is 1. The molecule has 0 atom stereocenters. The number of amides is 1. The van der Waals surface area contributed by atoms with E-state index in [1.807, 2.05) is 0 Å². The predicted octanol–water partition coefficient (Wildman–Crippen LogP) is 2.62. The fourth-order valence-electron chi connectivity index (χ4n) is 1.30. The first-order valence-electron chi connectivity index (χ1n) is 4.45. The van der Waals surface area contributed by atoms with Crippen molar-refractivity contribution < 1.29 is 14.7 Å². The highest BCUT2D eigenvalue weighted by Crippen LogP contribution is 2.37. The van der Waals surface area contributed by atoms with Crippen LogP contribution in [0, 0.1) is 0 Å². The van der Waals surface area contributed by atoms with Gasteiger partial charge in [-0.05, 0) is 50.8 Å². The van der Waals surface area contributed by atoms with Gasteiger partial charge in [0.05, 0.1) is 13.1 Å². The number of carbonyl (C=O) groups excluding carboxylic acids is 1. The molecule has 1 aromatic rings. The van der Waals surface area contributed by atoms with Gasteiger partial charge in [-0.25, -0.2) is 4.79 Å². The predicted molar refractivity (Wildman–Crippen MR) is 66.8 cm³/mol. The van der Waals surface area contributed by atoms with Crippen LogP contribution in [0.2, 0.25) is 0 Å². The second-order valence-corrected chi connectivity index (χ2v) is 7.33. The molecule has 0 aliphatic heterocycles. The van der Waals surface area contributed by atoms with Crippen molar-refractivity contribution in [3.8, 4) is 0 Å². The Morgan fingerprint density at radius 1 is 1.44 bits per heavy atom. The van der Waals surface area contributed by atoms with E-state index < -0.39 is 11.5 Å². The molecule has 1 fully saturated rings. The Balaban J connectivity index is 2.15. The summed E-state index contributed by atoms with van der Waals surface area (Å²) in [4.78, 5) is 22.7. The smallest absolute Gasteiger partial charge is 0.329 e. The van der Waals surface area contributed by atoms with Crippen molar-refractivity contribution in [3.05, 3.63) is 19.2 Å². The molecule has 1 aromatic heterocycles. The third-order valence-corrected chi connectivity index (χ3v) is 4.75. The van der Waals surface area contributed by atoms with E-state index in [1.165, 1.54) is 11.3 Å². The Morgan fingerprint density at radius 2 is 2.06 bits per heavy atom. The van der Waals surface area contributed by atoms with E-state index in [2.05, 4.69) is 37.2 Å². The third kappa shape index (κ3) is 2.16. The summed E-state index contributed by atoms with van der Waals surface area (Å²) >= 11 is 7.91. The molecule has 1 saturated carbocycles. The lowest BCUT2D eigenvalue weighted by Crippen LogP contribution is -2.43. The highest BCUT2D eigenvalue weighted by atomic mass is 79.9. The summed E-state index contributed by atoms with van der Waals surface area (Å²) in [5.41, 5.74) is -0.574. The zero-order chi connectivity index (χ0) is 11.9. The lowest BCUT2D eigenvalue weighted by Gasteiger charge is -2.11. The average molecular weight is 369 g/mol. The van der Waals surface area contributed by atoms with Crippen LogP contribution in [0.5, 0.6) is 0 Å². The molecule has 0 unspecified atom stereocenters. The largest absolute Gasteiger partial charge is 0.480 e. The van der Waals surface area contributed by atoms with E-state index in [1.54, 1.807) is 6.07 Å². The van der Waals surface area contributed by atoms with Crippen molar-refractivity contribution in [1.29, 1.82) is 0 Å². The summed E-state index contributed by atoms with van der Waals surface area (Å²) in [5.74, 6) is -1.32. The van der Waals surface area contributed by atoms with Crippen LogP contribution in [0.1, 0.15) is 23.2 Å². The molecule has 1 amide bonds. The minimum atomic E-state index is -1.04. The van der Waals surface area contributed by atoms with E-state index in [9.17, 15) is 9.59 Å². The highest BCUT2D eigenvalue weighted by Gasteiger charge is 2.51. The maximum absolute atomic E-state index is 11.8. The molecule has 1 aliphatic rings. The Kier molecular flexibility index (Phi) is 3.11. The van der Waals surface area contributed by atoms with Gasteiger partial charge in [0.25, 0.3) is 5.91 Å². The Hall–Kier alpha value is -0.400. The van der Waals surface area contributed by atoms with Crippen LogP contribution in [0.15, 0.2) is 13.6 Å². The lowest BCUT2D eigenvalue weighted by molar-refractivity contribution is -0.140. The van der Waals surface area contributed by atoms with Crippen LogP contribution in [-0.2, 0) is 4.79 Å². The van der Waals surface area contributed by atoms with E-state index in [0.29, 0.717) is 22.2 Å². The van der Waals surface area contributed by atoms with Crippen LogP contribution >= 0.6 is 43.2 Å². The lowest BCUT2D eigenvalue weighted by atomic mass is 10.2. The van der Waals surface area contributed by atoms with E-state index in [0.717, 1.165) is 3.79 Å². The summed E-state index contributed by atoms with van der Waals surface area (Å²) in [7, 11) is 0. The van der Waals surface area contributed by atoms with Crippen molar-refractivity contribution >= 4 is 55.1 Å². The summed E-state index contributed by atoms with van der Waals surface area (Å²) in [6.07, 6.45) is 0.994. The second kappa shape index (κ2) is 4.12. The van der Waals surface area contributed by atoms with Gasteiger partial charge in [-0.3, -0.25) is 4.79 Å². The molecule has 0 saturated heterocycles. The van der Waals surface area contributed by atoms with Crippen molar-refractivity contribution in [1.82, 2.24) is 5.32 Å². The average Bonchev–Trinajstić information content (AvgIpc) is 2.87. The minimum absolute atomic E-state index is 0.353. The van der Waals surface area contributed by atoms with Gasteiger partial charge >= 0.3 is 5.97 Å². The van der Waals surface area contributed by atoms with Gasteiger partial charge in [0, 0.05) is 0 Å². The molecule has 1 aliphatic carbocycles. The van der Waals surface area contributed by atoms with Gasteiger partial charge in [0.2, 0.25) is 0 Å². The number of hydrogen-bond acceptors (Lipinski definition) is 3.